The summed E-state index contributed by atoms with van der Waals surface area (Å²) in [6.07, 6.45) is 5.04. The van der Waals surface area contributed by atoms with Gasteiger partial charge in [-0.25, -0.2) is 4.98 Å². The highest BCUT2D eigenvalue weighted by Crippen LogP contribution is 2.22. The fourth-order valence-corrected chi connectivity index (χ4v) is 2.14. The molecule has 0 radical (unpaired) electrons. The minimum Gasteiger partial charge on any atom is -0.311 e. The molecule has 1 aromatic carbocycles. The summed E-state index contributed by atoms with van der Waals surface area (Å²) >= 11 is 6.03. The molecule has 0 saturated carbocycles. The normalized spacial score (nSPS) is 10.6. The van der Waals surface area contributed by atoms with Crippen LogP contribution in [0.25, 0.3) is 5.95 Å². The first-order valence-corrected chi connectivity index (χ1v) is 6.88. The Hall–Kier alpha value is -2.47. The molecule has 106 valence electrons. The molecule has 0 saturated heterocycles. The first-order chi connectivity index (χ1) is 10.3. The van der Waals surface area contributed by atoms with E-state index in [0.717, 1.165) is 5.69 Å². The zero-order chi connectivity index (χ0) is 14.7. The average molecular weight is 301 g/mol. The number of imidazole rings is 1. The standard InChI is InChI=1S/C14H13ClN6/c1-2-21(11-6-4-3-5-7-11)14-18-12(15)17-13(19-14)20-9-8-16-10-20/h3-10H,2H2,1H3. The van der Waals surface area contributed by atoms with Gasteiger partial charge < -0.3 is 4.90 Å². The van der Waals surface area contributed by atoms with E-state index >= 15 is 0 Å². The third-order valence-corrected chi connectivity index (χ3v) is 3.11. The van der Waals surface area contributed by atoms with Crippen LogP contribution < -0.4 is 4.90 Å². The Balaban J connectivity index is 2.05. The van der Waals surface area contributed by atoms with Gasteiger partial charge in [0, 0.05) is 24.6 Å². The van der Waals surface area contributed by atoms with Gasteiger partial charge in [0.05, 0.1) is 0 Å². The molecule has 0 bridgehead atoms. The predicted octanol–water partition coefficient (Wildman–Crippen LogP) is 2.87. The maximum absolute atomic E-state index is 6.03. The van der Waals surface area contributed by atoms with Crippen molar-refractivity contribution in [1.29, 1.82) is 0 Å². The smallest absolute Gasteiger partial charge is 0.241 e. The molecule has 0 amide bonds. The second kappa shape index (κ2) is 5.88. The van der Waals surface area contributed by atoms with Gasteiger partial charge >= 0.3 is 0 Å². The van der Waals surface area contributed by atoms with Gasteiger partial charge in [0.2, 0.25) is 17.2 Å². The highest BCUT2D eigenvalue weighted by molar-refractivity contribution is 6.28. The van der Waals surface area contributed by atoms with E-state index < -0.39 is 0 Å². The van der Waals surface area contributed by atoms with Gasteiger partial charge in [-0.05, 0) is 30.7 Å². The van der Waals surface area contributed by atoms with Gasteiger partial charge in [-0.3, -0.25) is 4.57 Å². The number of halogens is 1. The monoisotopic (exact) mass is 300 g/mol. The van der Waals surface area contributed by atoms with Crippen LogP contribution in [0.4, 0.5) is 11.6 Å². The lowest BCUT2D eigenvalue weighted by atomic mass is 10.3. The number of benzene rings is 1. The minimum absolute atomic E-state index is 0.151. The Morgan fingerprint density at radius 2 is 1.95 bits per heavy atom. The molecule has 0 aliphatic heterocycles. The Labute approximate surface area is 127 Å². The molecule has 2 aromatic heterocycles. The molecule has 3 aromatic rings. The number of hydrogen-bond acceptors (Lipinski definition) is 5. The summed E-state index contributed by atoms with van der Waals surface area (Å²) in [6, 6.07) is 9.90. The largest absolute Gasteiger partial charge is 0.311 e. The molecule has 0 atom stereocenters. The van der Waals surface area contributed by atoms with E-state index in [9.17, 15) is 0 Å². The number of hydrogen-bond donors (Lipinski definition) is 0. The number of anilines is 2. The van der Waals surface area contributed by atoms with Crippen molar-refractivity contribution in [2.45, 2.75) is 6.92 Å². The zero-order valence-electron chi connectivity index (χ0n) is 11.4. The van der Waals surface area contributed by atoms with Crippen LogP contribution >= 0.6 is 11.6 Å². The van der Waals surface area contributed by atoms with Gasteiger partial charge in [0.25, 0.3) is 0 Å². The van der Waals surface area contributed by atoms with Crippen LogP contribution in [0.1, 0.15) is 6.92 Å². The average Bonchev–Trinajstić information content (AvgIpc) is 3.03. The molecule has 7 heteroatoms. The molecule has 3 rings (SSSR count). The van der Waals surface area contributed by atoms with Gasteiger partial charge in [-0.1, -0.05) is 18.2 Å². The Kier molecular flexibility index (Phi) is 3.79. The minimum atomic E-state index is 0.151. The summed E-state index contributed by atoms with van der Waals surface area (Å²) in [5.74, 6) is 0.948. The molecule has 0 spiro atoms. The topological polar surface area (TPSA) is 59.7 Å². The summed E-state index contributed by atoms with van der Waals surface area (Å²) in [7, 11) is 0. The molecule has 2 heterocycles. The summed E-state index contributed by atoms with van der Waals surface area (Å²) < 4.78 is 1.69. The predicted molar refractivity (Wildman–Crippen MR) is 81.1 cm³/mol. The quantitative estimate of drug-likeness (QED) is 0.741. The lowest BCUT2D eigenvalue weighted by molar-refractivity contribution is 0.859. The van der Waals surface area contributed by atoms with E-state index in [0.29, 0.717) is 18.4 Å². The number of para-hydroxylation sites is 1. The number of nitrogens with zero attached hydrogens (tertiary/aromatic N) is 6. The van der Waals surface area contributed by atoms with Crippen molar-refractivity contribution < 1.29 is 0 Å². The summed E-state index contributed by atoms with van der Waals surface area (Å²) in [5.41, 5.74) is 0.999. The first kappa shape index (κ1) is 13.5. The maximum atomic E-state index is 6.03. The lowest BCUT2D eigenvalue weighted by Crippen LogP contribution is -2.20. The molecular formula is C14H13ClN6. The van der Waals surface area contributed by atoms with Crippen molar-refractivity contribution in [1.82, 2.24) is 24.5 Å². The molecule has 0 fully saturated rings. The third kappa shape index (κ3) is 2.85. The second-order valence-electron chi connectivity index (χ2n) is 4.25. The SMILES string of the molecule is CCN(c1ccccc1)c1nc(Cl)nc(-n2ccnc2)n1. The van der Waals surface area contributed by atoms with E-state index in [1.165, 1.54) is 0 Å². The van der Waals surface area contributed by atoms with E-state index in [4.69, 9.17) is 11.6 Å². The van der Waals surface area contributed by atoms with Crippen molar-refractivity contribution >= 4 is 23.2 Å². The number of aromatic nitrogens is 5. The van der Waals surface area contributed by atoms with Gasteiger partial charge in [-0.15, -0.1) is 0 Å². The first-order valence-electron chi connectivity index (χ1n) is 6.50. The maximum Gasteiger partial charge on any atom is 0.241 e. The van der Waals surface area contributed by atoms with Crippen LogP contribution in [0.3, 0.4) is 0 Å². The van der Waals surface area contributed by atoms with Crippen LogP contribution in [0.2, 0.25) is 5.28 Å². The van der Waals surface area contributed by atoms with Crippen molar-refractivity contribution in [2.24, 2.45) is 0 Å². The van der Waals surface area contributed by atoms with Crippen LogP contribution in [-0.2, 0) is 0 Å². The van der Waals surface area contributed by atoms with Crippen molar-refractivity contribution in [3.8, 4) is 5.95 Å². The second-order valence-corrected chi connectivity index (χ2v) is 4.59. The van der Waals surface area contributed by atoms with Gasteiger partial charge in [0.1, 0.15) is 6.33 Å². The molecule has 0 aliphatic carbocycles. The molecule has 0 aliphatic rings. The van der Waals surface area contributed by atoms with Crippen molar-refractivity contribution in [2.75, 3.05) is 11.4 Å². The van der Waals surface area contributed by atoms with Gasteiger partial charge in [0.15, 0.2) is 0 Å². The van der Waals surface area contributed by atoms with Crippen molar-refractivity contribution in [3.63, 3.8) is 0 Å². The summed E-state index contributed by atoms with van der Waals surface area (Å²) in [5, 5.41) is 0.151. The van der Waals surface area contributed by atoms with Crippen LogP contribution in [-0.4, -0.2) is 31.0 Å². The molecular weight excluding hydrogens is 288 g/mol. The lowest BCUT2D eigenvalue weighted by Gasteiger charge is -2.21. The summed E-state index contributed by atoms with van der Waals surface area (Å²) in [4.78, 5) is 18.8. The number of rotatable bonds is 4. The zero-order valence-corrected chi connectivity index (χ0v) is 12.1. The molecule has 6 nitrogen and oxygen atoms in total. The fourth-order valence-electron chi connectivity index (χ4n) is 1.99. The highest BCUT2D eigenvalue weighted by atomic mass is 35.5. The van der Waals surface area contributed by atoms with Crippen LogP contribution in [0.15, 0.2) is 49.1 Å². The van der Waals surface area contributed by atoms with E-state index in [1.807, 2.05) is 42.2 Å². The molecule has 0 unspecified atom stereocenters. The Bertz CT molecular complexity index is 714. The Morgan fingerprint density at radius 1 is 1.14 bits per heavy atom. The van der Waals surface area contributed by atoms with E-state index in [1.54, 1.807) is 23.3 Å². The molecule has 0 N–H and O–H groups in total. The van der Waals surface area contributed by atoms with Crippen molar-refractivity contribution in [3.05, 3.63) is 54.3 Å². The summed E-state index contributed by atoms with van der Waals surface area (Å²) in [6.45, 7) is 2.75. The van der Waals surface area contributed by atoms with Gasteiger partial charge in [-0.2, -0.15) is 15.0 Å². The van der Waals surface area contributed by atoms with E-state index in [2.05, 4.69) is 19.9 Å². The van der Waals surface area contributed by atoms with Crippen LogP contribution in [0, 0.1) is 0 Å². The molecule has 21 heavy (non-hydrogen) atoms. The third-order valence-electron chi connectivity index (χ3n) is 2.95. The Morgan fingerprint density at radius 3 is 2.62 bits per heavy atom. The van der Waals surface area contributed by atoms with Crippen LogP contribution in [0.5, 0.6) is 0 Å². The highest BCUT2D eigenvalue weighted by Gasteiger charge is 2.14. The fraction of sp³-hybridized carbons (Fsp3) is 0.143. The van der Waals surface area contributed by atoms with E-state index in [-0.39, 0.29) is 5.28 Å².